The maximum Gasteiger partial charge on any atom is 0.244 e. The summed E-state index contributed by atoms with van der Waals surface area (Å²) in [5, 5.41) is 3.17. The minimum atomic E-state index is 0.0300. The Hall–Kier alpha value is -0.220. The molecule has 2 aliphatic rings. The zero-order valence-electron chi connectivity index (χ0n) is 9.91. The van der Waals surface area contributed by atoms with Gasteiger partial charge in [0, 0.05) is 11.8 Å². The molecule has 0 aromatic heterocycles. The van der Waals surface area contributed by atoms with Crippen molar-refractivity contribution in [2.24, 2.45) is 5.92 Å². The van der Waals surface area contributed by atoms with Crippen LogP contribution in [0.15, 0.2) is 0 Å². The van der Waals surface area contributed by atoms with Crippen LogP contribution in [-0.2, 0) is 4.79 Å². The van der Waals surface area contributed by atoms with Crippen molar-refractivity contribution in [2.75, 3.05) is 12.8 Å². The second kappa shape index (κ2) is 3.67. The largest absolute Gasteiger partial charge is 0.321 e. The van der Waals surface area contributed by atoms with E-state index in [9.17, 15) is 4.79 Å². The third-order valence-corrected chi connectivity index (χ3v) is 5.88. The summed E-state index contributed by atoms with van der Waals surface area (Å²) < 4.78 is 0. The summed E-state index contributed by atoms with van der Waals surface area (Å²) in [4.78, 5) is 14.1. The van der Waals surface area contributed by atoms with Gasteiger partial charge in [0.15, 0.2) is 0 Å². The maximum atomic E-state index is 12.0. The first-order chi connectivity index (χ1) is 7.08. The van der Waals surface area contributed by atoms with Crippen molar-refractivity contribution in [1.29, 1.82) is 0 Å². The molecular weight excluding hydrogens is 208 g/mol. The van der Waals surface area contributed by atoms with Gasteiger partial charge in [-0.05, 0) is 26.3 Å². The average molecular weight is 228 g/mol. The summed E-state index contributed by atoms with van der Waals surface area (Å²) in [6.45, 7) is 6.59. The Morgan fingerprint density at radius 1 is 1.60 bits per heavy atom. The number of thioether (sulfide) groups is 1. The molecule has 15 heavy (non-hydrogen) atoms. The van der Waals surface area contributed by atoms with Gasteiger partial charge in [-0.2, -0.15) is 0 Å². The Morgan fingerprint density at radius 3 is 2.80 bits per heavy atom. The second-order valence-corrected chi connectivity index (χ2v) is 5.99. The Balaban J connectivity index is 2.27. The van der Waals surface area contributed by atoms with E-state index in [2.05, 4.69) is 31.0 Å². The number of carbonyl (C=O) groups excluding carboxylic acids is 1. The van der Waals surface area contributed by atoms with Crippen molar-refractivity contribution < 1.29 is 4.79 Å². The number of carbonyl (C=O) groups is 1. The molecule has 2 rings (SSSR count). The van der Waals surface area contributed by atoms with E-state index >= 15 is 0 Å². The molecule has 4 heteroatoms. The number of nitrogens with one attached hydrogen (secondary N) is 1. The number of fused-ring (bicyclic) bond motifs is 1. The van der Waals surface area contributed by atoms with Crippen LogP contribution in [0.1, 0.15) is 27.2 Å². The maximum absolute atomic E-state index is 12.0. The van der Waals surface area contributed by atoms with Crippen molar-refractivity contribution in [3.63, 3.8) is 0 Å². The molecule has 2 unspecified atom stereocenters. The minimum absolute atomic E-state index is 0.0300. The van der Waals surface area contributed by atoms with Crippen LogP contribution < -0.4 is 5.32 Å². The number of rotatable bonds is 2. The smallest absolute Gasteiger partial charge is 0.244 e. The zero-order valence-corrected chi connectivity index (χ0v) is 10.7. The van der Waals surface area contributed by atoms with E-state index < -0.39 is 0 Å². The fourth-order valence-corrected chi connectivity index (χ4v) is 4.60. The summed E-state index contributed by atoms with van der Waals surface area (Å²) in [5.74, 6) is 2.05. The fourth-order valence-electron chi connectivity index (χ4n) is 2.78. The standard InChI is InChI=1S/C11H20N2OS/c1-5-11-9(12-4)10(14)13(11)8(3)7(2)6-15-11/h7-9,12H,5-6H2,1-4H3/t7?,8?,9-,11-/m1/s1. The van der Waals surface area contributed by atoms with Gasteiger partial charge in [0.05, 0.1) is 0 Å². The topological polar surface area (TPSA) is 32.3 Å². The average Bonchev–Trinajstić information content (AvgIpc) is 2.22. The first-order valence-corrected chi connectivity index (χ1v) is 6.71. The molecule has 2 fully saturated rings. The SMILES string of the molecule is CC[C@]12SCC(C)C(C)N1C(=O)[C@H]2NC. The van der Waals surface area contributed by atoms with E-state index in [1.807, 2.05) is 18.8 Å². The van der Waals surface area contributed by atoms with Crippen LogP contribution in [-0.4, -0.2) is 40.6 Å². The number of nitrogens with zero attached hydrogens (tertiary/aromatic N) is 1. The highest BCUT2D eigenvalue weighted by Gasteiger charge is 2.62. The van der Waals surface area contributed by atoms with Gasteiger partial charge in [-0.15, -0.1) is 11.8 Å². The predicted molar refractivity (Wildman–Crippen MR) is 63.8 cm³/mol. The highest BCUT2D eigenvalue weighted by Crippen LogP contribution is 2.51. The molecule has 2 heterocycles. The highest BCUT2D eigenvalue weighted by molar-refractivity contribution is 8.00. The lowest BCUT2D eigenvalue weighted by atomic mass is 9.86. The van der Waals surface area contributed by atoms with Gasteiger partial charge >= 0.3 is 0 Å². The number of β-lactam (4-membered cyclic amide) rings is 1. The molecule has 0 bridgehead atoms. The first kappa shape index (κ1) is 11.3. The molecule has 2 aliphatic heterocycles. The minimum Gasteiger partial charge on any atom is -0.321 e. The molecule has 86 valence electrons. The van der Waals surface area contributed by atoms with Crippen molar-refractivity contribution in [1.82, 2.24) is 10.2 Å². The van der Waals surface area contributed by atoms with Gasteiger partial charge in [-0.25, -0.2) is 0 Å². The van der Waals surface area contributed by atoms with Crippen LogP contribution >= 0.6 is 11.8 Å². The van der Waals surface area contributed by atoms with Crippen LogP contribution in [0.4, 0.5) is 0 Å². The second-order valence-electron chi connectivity index (χ2n) is 4.66. The van der Waals surface area contributed by atoms with Crippen LogP contribution in [0.5, 0.6) is 0 Å². The quantitative estimate of drug-likeness (QED) is 0.723. The lowest BCUT2D eigenvalue weighted by Gasteiger charge is -2.63. The Morgan fingerprint density at radius 2 is 2.27 bits per heavy atom. The molecule has 0 aromatic rings. The van der Waals surface area contributed by atoms with E-state index in [0.29, 0.717) is 12.0 Å². The van der Waals surface area contributed by atoms with Crippen LogP contribution in [0, 0.1) is 5.92 Å². The third kappa shape index (κ3) is 1.27. The summed E-state index contributed by atoms with van der Waals surface area (Å²) in [5.41, 5.74) is 0. The highest BCUT2D eigenvalue weighted by atomic mass is 32.2. The molecule has 3 nitrogen and oxygen atoms in total. The number of hydrogen-bond donors (Lipinski definition) is 1. The number of likely N-dealkylation sites (N-methyl/N-ethyl adjacent to an activating group) is 1. The summed E-state index contributed by atoms with van der Waals surface area (Å²) >= 11 is 1.95. The lowest BCUT2D eigenvalue weighted by molar-refractivity contribution is -0.161. The molecule has 1 N–H and O–H groups in total. The summed E-state index contributed by atoms with van der Waals surface area (Å²) in [7, 11) is 1.89. The van der Waals surface area contributed by atoms with Gasteiger partial charge in [0.2, 0.25) is 5.91 Å². The van der Waals surface area contributed by atoms with Crippen molar-refractivity contribution in [2.45, 2.75) is 44.1 Å². The van der Waals surface area contributed by atoms with Crippen LogP contribution in [0.2, 0.25) is 0 Å². The zero-order chi connectivity index (χ0) is 11.2. The monoisotopic (exact) mass is 228 g/mol. The van der Waals surface area contributed by atoms with E-state index in [1.54, 1.807) is 0 Å². The van der Waals surface area contributed by atoms with Gasteiger partial charge in [-0.1, -0.05) is 13.8 Å². The van der Waals surface area contributed by atoms with Crippen LogP contribution in [0.25, 0.3) is 0 Å². The molecule has 0 saturated carbocycles. The van der Waals surface area contributed by atoms with Gasteiger partial charge < -0.3 is 10.2 Å². The fraction of sp³-hybridized carbons (Fsp3) is 0.909. The molecular formula is C11H20N2OS. The van der Waals surface area contributed by atoms with E-state index in [0.717, 1.165) is 12.2 Å². The molecule has 0 spiro atoms. The third-order valence-electron chi connectivity index (χ3n) is 3.97. The molecule has 1 amide bonds. The Bertz CT molecular complexity index is 284. The number of amides is 1. The molecule has 0 radical (unpaired) electrons. The Labute approximate surface area is 96.0 Å². The van der Waals surface area contributed by atoms with E-state index in [4.69, 9.17) is 0 Å². The van der Waals surface area contributed by atoms with Crippen molar-refractivity contribution >= 4 is 17.7 Å². The molecule has 2 saturated heterocycles. The van der Waals surface area contributed by atoms with Gasteiger partial charge in [0.1, 0.15) is 10.9 Å². The normalized spacial score (nSPS) is 44.9. The van der Waals surface area contributed by atoms with E-state index in [-0.39, 0.29) is 16.8 Å². The Kier molecular flexibility index (Phi) is 2.75. The molecule has 0 aromatic carbocycles. The number of hydrogen-bond acceptors (Lipinski definition) is 3. The molecule has 4 atom stereocenters. The lowest BCUT2D eigenvalue weighted by Crippen LogP contribution is -2.80. The first-order valence-electron chi connectivity index (χ1n) is 5.73. The van der Waals surface area contributed by atoms with Gasteiger partial charge in [-0.3, -0.25) is 4.79 Å². The summed E-state index contributed by atoms with van der Waals surface area (Å²) in [6, 6.07) is 0.422. The van der Waals surface area contributed by atoms with Crippen LogP contribution in [0.3, 0.4) is 0 Å². The van der Waals surface area contributed by atoms with E-state index in [1.165, 1.54) is 0 Å². The summed E-state index contributed by atoms with van der Waals surface area (Å²) in [6.07, 6.45) is 1.03. The predicted octanol–water partition coefficient (Wildman–Crippen LogP) is 1.29. The van der Waals surface area contributed by atoms with Crippen molar-refractivity contribution in [3.05, 3.63) is 0 Å². The molecule has 0 aliphatic carbocycles. The van der Waals surface area contributed by atoms with Gasteiger partial charge in [0.25, 0.3) is 0 Å². The van der Waals surface area contributed by atoms with Crippen molar-refractivity contribution in [3.8, 4) is 0 Å².